The first kappa shape index (κ1) is 32.0. The molecule has 3 heterocycles. The molecule has 1 aromatic heterocycles. The van der Waals surface area contributed by atoms with E-state index in [4.69, 9.17) is 27.6 Å². The van der Waals surface area contributed by atoms with E-state index >= 15 is 0 Å². The third kappa shape index (κ3) is 6.76. The molecule has 11 heteroatoms. The number of alkyl halides is 3. The Labute approximate surface area is 270 Å². The molecule has 3 aliphatic rings. The molecule has 240 valence electrons. The maximum absolute atomic E-state index is 14.1. The Balaban J connectivity index is 1.16. The fraction of sp³-hybridized carbons (Fsp3) is 0.471. The average Bonchev–Trinajstić information content (AvgIpc) is 3.47. The number of hydrogen-bond acceptors (Lipinski definition) is 4. The smallest absolute Gasteiger partial charge is 0.416 e. The molecule has 6 nitrogen and oxygen atoms in total. The highest BCUT2D eigenvalue weighted by atomic mass is 35.5. The molecule has 1 saturated carbocycles. The molecule has 3 aromatic rings. The summed E-state index contributed by atoms with van der Waals surface area (Å²) in [6.45, 7) is 1.91. The molecule has 45 heavy (non-hydrogen) atoms. The topological polar surface area (TPSA) is 65.8 Å². The van der Waals surface area contributed by atoms with Crippen molar-refractivity contribution in [3.8, 4) is 11.3 Å². The van der Waals surface area contributed by atoms with E-state index in [1.807, 2.05) is 35.2 Å². The summed E-state index contributed by atoms with van der Waals surface area (Å²) in [6.07, 6.45) is 2.84. The number of nitrogens with one attached hydrogen (secondary N) is 1. The SMILES string of the molecule is O=C1C(CC2CCCCC2)NC(=O)C2(CCN(Cc3ccc(-c4c(Cl)cc(C(F)(F)F)cc4Cl)o3)CC2)N1Cc1ccccc1. The van der Waals surface area contributed by atoms with E-state index in [0.717, 1.165) is 30.5 Å². The van der Waals surface area contributed by atoms with Crippen LogP contribution >= 0.6 is 23.2 Å². The number of nitrogens with zero attached hydrogens (tertiary/aromatic N) is 2. The lowest BCUT2D eigenvalue weighted by Gasteiger charge is -2.52. The number of halogens is 5. The lowest BCUT2D eigenvalue weighted by molar-refractivity contribution is -0.163. The number of carbonyl (C=O) groups is 2. The van der Waals surface area contributed by atoms with Crippen LogP contribution in [0.5, 0.6) is 0 Å². The first-order valence-corrected chi connectivity index (χ1v) is 16.3. The number of carbonyl (C=O) groups excluding carboxylic acids is 2. The van der Waals surface area contributed by atoms with Crippen LogP contribution in [0.1, 0.15) is 68.3 Å². The van der Waals surface area contributed by atoms with Crippen molar-refractivity contribution in [2.45, 2.75) is 82.2 Å². The number of benzene rings is 2. The van der Waals surface area contributed by atoms with E-state index in [1.165, 1.54) is 19.3 Å². The molecular formula is C34H36Cl2F3N3O3. The van der Waals surface area contributed by atoms with Crippen molar-refractivity contribution in [2.24, 2.45) is 5.92 Å². The van der Waals surface area contributed by atoms with Gasteiger partial charge in [-0.15, -0.1) is 0 Å². The van der Waals surface area contributed by atoms with Crippen molar-refractivity contribution in [3.05, 3.63) is 81.5 Å². The highest BCUT2D eigenvalue weighted by Crippen LogP contribution is 2.42. The zero-order valence-electron chi connectivity index (χ0n) is 24.8. The van der Waals surface area contributed by atoms with Gasteiger partial charge in [-0.3, -0.25) is 14.5 Å². The highest BCUT2D eigenvalue weighted by Gasteiger charge is 2.53. The molecule has 0 bridgehead atoms. The molecule has 1 N–H and O–H groups in total. The summed E-state index contributed by atoms with van der Waals surface area (Å²) in [5, 5.41) is 2.84. The van der Waals surface area contributed by atoms with Crippen LogP contribution in [0.3, 0.4) is 0 Å². The van der Waals surface area contributed by atoms with E-state index in [1.54, 1.807) is 12.1 Å². The maximum Gasteiger partial charge on any atom is 0.416 e. The molecule has 2 saturated heterocycles. The predicted octanol–water partition coefficient (Wildman–Crippen LogP) is 8.10. The third-order valence-electron chi connectivity index (χ3n) is 9.63. The van der Waals surface area contributed by atoms with E-state index in [-0.39, 0.29) is 33.2 Å². The fourth-order valence-electron chi connectivity index (χ4n) is 7.15. The molecule has 1 unspecified atom stereocenters. The molecule has 3 fully saturated rings. The maximum atomic E-state index is 14.1. The molecule has 2 aliphatic heterocycles. The summed E-state index contributed by atoms with van der Waals surface area (Å²) in [5.74, 6) is 1.24. The van der Waals surface area contributed by atoms with Gasteiger partial charge in [0.25, 0.3) is 0 Å². The second-order valence-corrected chi connectivity index (χ2v) is 13.4. The largest absolute Gasteiger partial charge is 0.460 e. The van der Waals surface area contributed by atoms with Gasteiger partial charge in [0.05, 0.1) is 27.7 Å². The van der Waals surface area contributed by atoms with E-state index < -0.39 is 23.3 Å². The summed E-state index contributed by atoms with van der Waals surface area (Å²) in [7, 11) is 0. The predicted molar refractivity (Wildman–Crippen MR) is 167 cm³/mol. The van der Waals surface area contributed by atoms with Gasteiger partial charge in [0.2, 0.25) is 11.8 Å². The normalized spacial score (nSPS) is 21.4. The number of rotatable bonds is 7. The second kappa shape index (κ2) is 13.0. The lowest BCUT2D eigenvalue weighted by atomic mass is 9.79. The van der Waals surface area contributed by atoms with Gasteiger partial charge in [-0.05, 0) is 55.0 Å². The van der Waals surface area contributed by atoms with Crippen molar-refractivity contribution < 1.29 is 27.2 Å². The summed E-state index contributed by atoms with van der Waals surface area (Å²) in [5.41, 5.74) is -0.682. The Morgan fingerprint density at radius 2 is 1.58 bits per heavy atom. The summed E-state index contributed by atoms with van der Waals surface area (Å²) in [4.78, 5) is 32.0. The number of hydrogen-bond donors (Lipinski definition) is 1. The fourth-order valence-corrected chi connectivity index (χ4v) is 7.83. The molecular weight excluding hydrogens is 626 g/mol. The molecule has 2 amide bonds. The molecule has 1 atom stereocenters. The molecule has 1 spiro atoms. The Morgan fingerprint density at radius 1 is 0.911 bits per heavy atom. The van der Waals surface area contributed by atoms with Gasteiger partial charge in [0, 0.05) is 19.6 Å². The zero-order chi connectivity index (χ0) is 31.8. The quantitative estimate of drug-likeness (QED) is 0.278. The van der Waals surface area contributed by atoms with Gasteiger partial charge in [0.1, 0.15) is 23.1 Å². The first-order valence-electron chi connectivity index (χ1n) is 15.6. The van der Waals surface area contributed by atoms with Gasteiger partial charge >= 0.3 is 6.18 Å². The minimum Gasteiger partial charge on any atom is -0.460 e. The van der Waals surface area contributed by atoms with E-state index in [2.05, 4.69) is 10.2 Å². The molecule has 1 aliphatic carbocycles. The number of piperidine rings is 1. The van der Waals surface area contributed by atoms with Crippen LogP contribution in [0.4, 0.5) is 13.2 Å². The Hall–Kier alpha value is -3.01. The molecule has 2 aromatic carbocycles. The van der Waals surface area contributed by atoms with Crippen LogP contribution < -0.4 is 5.32 Å². The zero-order valence-corrected chi connectivity index (χ0v) is 26.4. The lowest BCUT2D eigenvalue weighted by Crippen LogP contribution is -2.72. The number of furan rings is 1. The monoisotopic (exact) mass is 661 g/mol. The van der Waals surface area contributed by atoms with Crippen LogP contribution in [-0.2, 0) is 28.9 Å². The van der Waals surface area contributed by atoms with E-state index in [9.17, 15) is 22.8 Å². The Bertz CT molecular complexity index is 1510. The van der Waals surface area contributed by atoms with Crippen molar-refractivity contribution >= 4 is 35.0 Å². The standard InChI is InChI=1S/C34H36Cl2F3N3O3/c35-26-18-24(34(37,38)39)19-27(36)30(26)29-12-11-25(45-29)21-41-15-13-33(14-16-41)32(44)40-28(17-22-7-3-1-4-8-22)31(43)42(33)20-23-9-5-2-6-10-23/h2,5-6,9-12,18-19,22,28H,1,3-4,7-8,13-17,20-21H2,(H,40,44). The van der Waals surface area contributed by atoms with Crippen molar-refractivity contribution in [2.75, 3.05) is 13.1 Å². The number of piperazine rings is 1. The summed E-state index contributed by atoms with van der Waals surface area (Å²) >= 11 is 12.4. The van der Waals surface area contributed by atoms with Crippen LogP contribution in [-0.4, -0.2) is 46.3 Å². The van der Waals surface area contributed by atoms with Crippen LogP contribution in [0.2, 0.25) is 10.0 Å². The van der Waals surface area contributed by atoms with Gasteiger partial charge in [-0.1, -0.05) is 85.6 Å². The van der Waals surface area contributed by atoms with Gasteiger partial charge in [-0.25, -0.2) is 0 Å². The molecule has 0 radical (unpaired) electrons. The van der Waals surface area contributed by atoms with Gasteiger partial charge in [0.15, 0.2) is 0 Å². The first-order chi connectivity index (χ1) is 21.5. The second-order valence-electron chi connectivity index (χ2n) is 12.6. The number of likely N-dealkylation sites (tertiary alicyclic amines) is 1. The van der Waals surface area contributed by atoms with Crippen LogP contribution in [0.15, 0.2) is 59.0 Å². The number of amides is 2. The van der Waals surface area contributed by atoms with Gasteiger partial charge < -0.3 is 14.6 Å². The van der Waals surface area contributed by atoms with Crippen LogP contribution in [0.25, 0.3) is 11.3 Å². The third-order valence-corrected chi connectivity index (χ3v) is 10.2. The van der Waals surface area contributed by atoms with Crippen molar-refractivity contribution in [1.82, 2.24) is 15.1 Å². The van der Waals surface area contributed by atoms with Crippen molar-refractivity contribution in [1.29, 1.82) is 0 Å². The minimum atomic E-state index is -4.57. The van der Waals surface area contributed by atoms with Crippen molar-refractivity contribution in [3.63, 3.8) is 0 Å². The average molecular weight is 663 g/mol. The minimum absolute atomic E-state index is 0.00143. The van der Waals surface area contributed by atoms with E-state index in [0.29, 0.717) is 57.1 Å². The Morgan fingerprint density at radius 3 is 2.22 bits per heavy atom. The summed E-state index contributed by atoms with van der Waals surface area (Å²) < 4.78 is 45.5. The highest BCUT2D eigenvalue weighted by molar-refractivity contribution is 6.39. The van der Waals surface area contributed by atoms with Gasteiger partial charge in [-0.2, -0.15) is 13.2 Å². The van der Waals surface area contributed by atoms with Crippen LogP contribution in [0, 0.1) is 5.92 Å². The summed E-state index contributed by atoms with van der Waals surface area (Å²) in [6, 6.07) is 14.4. The molecule has 6 rings (SSSR count). The Kier molecular flexibility index (Phi) is 9.24.